The number of anilines is 1. The Balaban J connectivity index is 1.54. The molecule has 2 heterocycles. The molecule has 1 N–H and O–H groups in total. The summed E-state index contributed by atoms with van der Waals surface area (Å²) in [5.41, 5.74) is 2.64. The Labute approximate surface area is 176 Å². The number of amides is 3. The van der Waals surface area contributed by atoms with Crippen molar-refractivity contribution < 1.29 is 14.4 Å². The van der Waals surface area contributed by atoms with Gasteiger partial charge in [-0.1, -0.05) is 44.2 Å². The van der Waals surface area contributed by atoms with Gasteiger partial charge in [0.05, 0.1) is 11.3 Å². The van der Waals surface area contributed by atoms with E-state index in [2.05, 4.69) is 19.2 Å². The van der Waals surface area contributed by atoms with E-state index in [9.17, 15) is 14.4 Å². The van der Waals surface area contributed by atoms with Crippen LogP contribution in [0.2, 0.25) is 0 Å². The highest BCUT2D eigenvalue weighted by atomic mass is 16.2. The van der Waals surface area contributed by atoms with Gasteiger partial charge in [0, 0.05) is 30.6 Å². The number of para-hydroxylation sites is 1. The van der Waals surface area contributed by atoms with Crippen LogP contribution in [0.25, 0.3) is 0 Å². The summed E-state index contributed by atoms with van der Waals surface area (Å²) >= 11 is 0. The van der Waals surface area contributed by atoms with E-state index in [1.165, 1.54) is 0 Å². The van der Waals surface area contributed by atoms with Gasteiger partial charge in [-0.15, -0.1) is 0 Å². The maximum Gasteiger partial charge on any atom is 0.260 e. The smallest absolute Gasteiger partial charge is 0.260 e. The van der Waals surface area contributed by atoms with E-state index < -0.39 is 6.17 Å². The third kappa shape index (κ3) is 3.58. The van der Waals surface area contributed by atoms with Gasteiger partial charge in [0.1, 0.15) is 6.17 Å². The molecule has 6 heteroatoms. The Bertz CT molecular complexity index is 985. The SMILES string of the molecule is CC(C)CCNC(=O)CCCN1C(=O)c2ccccc2N2C(=O)c3ccccc3C12. The molecule has 156 valence electrons. The fourth-order valence-corrected chi connectivity index (χ4v) is 4.20. The van der Waals surface area contributed by atoms with Gasteiger partial charge in [-0.05, 0) is 37.0 Å². The maximum absolute atomic E-state index is 13.3. The van der Waals surface area contributed by atoms with Crippen LogP contribution in [0, 0.1) is 5.92 Å². The fraction of sp³-hybridized carbons (Fsp3) is 0.375. The molecule has 0 bridgehead atoms. The molecule has 0 spiro atoms. The minimum atomic E-state index is -0.458. The van der Waals surface area contributed by atoms with Crippen molar-refractivity contribution in [2.75, 3.05) is 18.0 Å². The zero-order valence-electron chi connectivity index (χ0n) is 17.4. The lowest BCUT2D eigenvalue weighted by Crippen LogP contribution is -2.48. The second kappa shape index (κ2) is 8.30. The van der Waals surface area contributed by atoms with E-state index in [4.69, 9.17) is 0 Å². The van der Waals surface area contributed by atoms with Gasteiger partial charge in [-0.2, -0.15) is 0 Å². The summed E-state index contributed by atoms with van der Waals surface area (Å²) in [5.74, 6) is 0.353. The second-order valence-corrected chi connectivity index (χ2v) is 8.29. The molecule has 2 aliphatic heterocycles. The molecule has 1 unspecified atom stereocenters. The Morgan fingerprint density at radius 1 is 1.00 bits per heavy atom. The van der Waals surface area contributed by atoms with Crippen LogP contribution in [-0.2, 0) is 4.79 Å². The molecule has 1 atom stereocenters. The molecular formula is C24H27N3O3. The molecule has 4 rings (SSSR count). The number of fused-ring (bicyclic) bond motifs is 5. The molecule has 3 amide bonds. The van der Waals surface area contributed by atoms with Crippen LogP contribution in [-0.4, -0.2) is 35.7 Å². The molecular weight excluding hydrogens is 378 g/mol. The molecule has 0 fully saturated rings. The van der Waals surface area contributed by atoms with E-state index >= 15 is 0 Å². The first-order valence-electron chi connectivity index (χ1n) is 10.6. The van der Waals surface area contributed by atoms with Crippen molar-refractivity contribution in [1.29, 1.82) is 0 Å². The molecule has 2 aromatic carbocycles. The molecule has 0 aromatic heterocycles. The van der Waals surface area contributed by atoms with Crippen molar-refractivity contribution in [3.8, 4) is 0 Å². The maximum atomic E-state index is 13.3. The van der Waals surface area contributed by atoms with Crippen molar-refractivity contribution in [3.05, 3.63) is 65.2 Å². The van der Waals surface area contributed by atoms with Crippen LogP contribution in [0.15, 0.2) is 48.5 Å². The number of rotatable bonds is 7. The van der Waals surface area contributed by atoms with Gasteiger partial charge >= 0.3 is 0 Å². The number of nitrogens with zero attached hydrogens (tertiary/aromatic N) is 2. The summed E-state index contributed by atoms with van der Waals surface area (Å²) in [6.45, 7) is 5.33. The quantitative estimate of drug-likeness (QED) is 0.763. The summed E-state index contributed by atoms with van der Waals surface area (Å²) in [5, 5.41) is 2.94. The predicted octanol–water partition coefficient (Wildman–Crippen LogP) is 3.74. The minimum Gasteiger partial charge on any atom is -0.356 e. The van der Waals surface area contributed by atoms with Gasteiger partial charge in [0.15, 0.2) is 0 Å². The van der Waals surface area contributed by atoms with E-state index in [0.29, 0.717) is 48.7 Å². The number of hydrogen-bond donors (Lipinski definition) is 1. The van der Waals surface area contributed by atoms with Crippen LogP contribution < -0.4 is 10.2 Å². The molecule has 0 radical (unpaired) electrons. The monoisotopic (exact) mass is 405 g/mol. The summed E-state index contributed by atoms with van der Waals surface area (Å²) in [6.07, 6.45) is 1.39. The molecule has 2 aliphatic rings. The van der Waals surface area contributed by atoms with Crippen molar-refractivity contribution >= 4 is 23.4 Å². The van der Waals surface area contributed by atoms with Crippen molar-refractivity contribution in [2.45, 2.75) is 39.3 Å². The molecule has 6 nitrogen and oxygen atoms in total. The first kappa shape index (κ1) is 20.1. The highest BCUT2D eigenvalue weighted by Crippen LogP contribution is 2.45. The zero-order valence-corrected chi connectivity index (χ0v) is 17.4. The Morgan fingerprint density at radius 3 is 2.47 bits per heavy atom. The van der Waals surface area contributed by atoms with Crippen molar-refractivity contribution in [3.63, 3.8) is 0 Å². The third-order valence-corrected chi connectivity index (χ3v) is 5.73. The second-order valence-electron chi connectivity index (χ2n) is 8.29. The lowest BCUT2D eigenvalue weighted by Gasteiger charge is -2.41. The molecule has 2 aromatic rings. The van der Waals surface area contributed by atoms with E-state index in [-0.39, 0.29) is 17.7 Å². The van der Waals surface area contributed by atoms with Crippen LogP contribution >= 0.6 is 0 Å². The first-order chi connectivity index (χ1) is 14.5. The number of carbonyl (C=O) groups is 3. The molecule has 0 saturated carbocycles. The van der Waals surface area contributed by atoms with Gasteiger partial charge in [0.2, 0.25) is 5.91 Å². The molecule has 0 saturated heterocycles. The van der Waals surface area contributed by atoms with E-state index in [1.54, 1.807) is 15.9 Å². The zero-order chi connectivity index (χ0) is 21.3. The predicted molar refractivity (Wildman–Crippen MR) is 115 cm³/mol. The van der Waals surface area contributed by atoms with Crippen molar-refractivity contribution in [1.82, 2.24) is 10.2 Å². The van der Waals surface area contributed by atoms with Crippen LogP contribution in [0.1, 0.15) is 65.6 Å². The third-order valence-electron chi connectivity index (χ3n) is 5.73. The van der Waals surface area contributed by atoms with Gasteiger partial charge in [-0.3, -0.25) is 19.3 Å². The fourth-order valence-electron chi connectivity index (χ4n) is 4.20. The summed E-state index contributed by atoms with van der Waals surface area (Å²) in [6, 6.07) is 14.7. The number of nitrogens with one attached hydrogen (secondary N) is 1. The number of carbonyl (C=O) groups excluding carboxylic acids is 3. The molecule has 30 heavy (non-hydrogen) atoms. The highest BCUT2D eigenvalue weighted by Gasteiger charge is 2.47. The Hall–Kier alpha value is -3.15. The standard InChI is InChI=1S/C24H27N3O3/c1-16(2)13-14-25-21(28)12-7-15-26-22-17-8-3-4-9-18(17)24(30)27(22)20-11-6-5-10-19(20)23(26)29/h3-6,8-11,16,22H,7,12-15H2,1-2H3,(H,25,28). The summed E-state index contributed by atoms with van der Waals surface area (Å²) in [4.78, 5) is 42.0. The lowest BCUT2D eigenvalue weighted by atomic mass is 10.0. The lowest BCUT2D eigenvalue weighted by molar-refractivity contribution is -0.121. The average molecular weight is 405 g/mol. The Kier molecular flexibility index (Phi) is 5.57. The molecule has 0 aliphatic carbocycles. The highest BCUT2D eigenvalue weighted by molar-refractivity contribution is 6.16. The van der Waals surface area contributed by atoms with Crippen molar-refractivity contribution in [2.24, 2.45) is 5.92 Å². The first-order valence-corrected chi connectivity index (χ1v) is 10.6. The van der Waals surface area contributed by atoms with E-state index in [0.717, 1.165) is 12.0 Å². The van der Waals surface area contributed by atoms with Gasteiger partial charge < -0.3 is 10.2 Å². The van der Waals surface area contributed by atoms with Gasteiger partial charge in [0.25, 0.3) is 11.8 Å². The normalized spacial score (nSPS) is 17.1. The minimum absolute atomic E-state index is 0.000244. The summed E-state index contributed by atoms with van der Waals surface area (Å²) in [7, 11) is 0. The van der Waals surface area contributed by atoms with Crippen LogP contribution in [0.5, 0.6) is 0 Å². The Morgan fingerprint density at radius 2 is 1.70 bits per heavy atom. The number of hydrogen-bond acceptors (Lipinski definition) is 3. The summed E-state index contributed by atoms with van der Waals surface area (Å²) < 4.78 is 0. The van der Waals surface area contributed by atoms with Crippen LogP contribution in [0.3, 0.4) is 0 Å². The van der Waals surface area contributed by atoms with E-state index in [1.807, 2.05) is 42.5 Å². The van der Waals surface area contributed by atoms with Crippen LogP contribution in [0.4, 0.5) is 5.69 Å². The topological polar surface area (TPSA) is 69.7 Å². The number of benzene rings is 2. The average Bonchev–Trinajstić information content (AvgIpc) is 3.03. The van der Waals surface area contributed by atoms with Gasteiger partial charge in [-0.25, -0.2) is 0 Å². The largest absolute Gasteiger partial charge is 0.356 e.